The molecule has 1 aromatic rings. The molecule has 0 saturated carbocycles. The van der Waals surface area contributed by atoms with Crippen molar-refractivity contribution in [3.8, 4) is 11.5 Å². The predicted molar refractivity (Wildman–Crippen MR) is 67.0 cm³/mol. The lowest BCUT2D eigenvalue weighted by molar-refractivity contribution is 0.246. The molecule has 1 aliphatic rings. The first-order chi connectivity index (χ1) is 7.77. The van der Waals surface area contributed by atoms with E-state index < -0.39 is 0 Å². The van der Waals surface area contributed by atoms with E-state index in [1.807, 2.05) is 17.8 Å². The van der Waals surface area contributed by atoms with Crippen molar-refractivity contribution in [3.63, 3.8) is 0 Å². The Morgan fingerprint density at radius 1 is 1.50 bits per heavy atom. The van der Waals surface area contributed by atoms with Crippen molar-refractivity contribution in [2.45, 2.75) is 12.5 Å². The summed E-state index contributed by atoms with van der Waals surface area (Å²) in [6, 6.07) is 7.05. The lowest BCUT2D eigenvalue weighted by Crippen LogP contribution is -2.35. The molecular formula is C12H17NO2S. The van der Waals surface area contributed by atoms with Gasteiger partial charge in [0.05, 0.1) is 0 Å². The standard InChI is InChI=1S/C12H17NO2S/c13-10(9-5-6-16-8-9)7-15-12-4-2-1-3-11(12)14/h1-4,9-10,14H,5-8,13H2. The average molecular weight is 239 g/mol. The molecule has 0 amide bonds. The van der Waals surface area contributed by atoms with Crippen LogP contribution in [0.2, 0.25) is 0 Å². The van der Waals surface area contributed by atoms with Gasteiger partial charge in [0, 0.05) is 6.04 Å². The molecule has 0 radical (unpaired) electrons. The van der Waals surface area contributed by atoms with Gasteiger partial charge >= 0.3 is 0 Å². The molecule has 0 spiro atoms. The van der Waals surface area contributed by atoms with Crippen molar-refractivity contribution in [1.82, 2.24) is 0 Å². The van der Waals surface area contributed by atoms with E-state index in [1.54, 1.807) is 18.2 Å². The lowest BCUT2D eigenvalue weighted by Gasteiger charge is -2.18. The fraction of sp³-hybridized carbons (Fsp3) is 0.500. The molecule has 3 N–H and O–H groups in total. The van der Waals surface area contributed by atoms with E-state index in [4.69, 9.17) is 10.5 Å². The Bertz CT molecular complexity index is 340. The van der Waals surface area contributed by atoms with Gasteiger partial charge < -0.3 is 15.6 Å². The monoisotopic (exact) mass is 239 g/mol. The van der Waals surface area contributed by atoms with Crippen molar-refractivity contribution in [1.29, 1.82) is 0 Å². The zero-order chi connectivity index (χ0) is 11.4. The summed E-state index contributed by atoms with van der Waals surface area (Å²) in [6.07, 6.45) is 1.18. The first-order valence-electron chi connectivity index (χ1n) is 5.51. The molecule has 4 heteroatoms. The molecule has 2 rings (SSSR count). The van der Waals surface area contributed by atoms with E-state index in [0.717, 1.165) is 5.75 Å². The number of benzene rings is 1. The zero-order valence-corrected chi connectivity index (χ0v) is 9.95. The average Bonchev–Trinajstić information content (AvgIpc) is 2.81. The van der Waals surface area contributed by atoms with Gasteiger partial charge in [-0.15, -0.1) is 0 Å². The third-order valence-electron chi connectivity index (χ3n) is 2.87. The van der Waals surface area contributed by atoms with Crippen LogP contribution >= 0.6 is 11.8 Å². The second-order valence-corrected chi connectivity index (χ2v) is 5.22. The summed E-state index contributed by atoms with van der Waals surface area (Å²) >= 11 is 1.95. The zero-order valence-electron chi connectivity index (χ0n) is 9.13. The van der Waals surface area contributed by atoms with Gasteiger partial charge in [0.25, 0.3) is 0 Å². The van der Waals surface area contributed by atoms with Gasteiger partial charge in [-0.2, -0.15) is 11.8 Å². The number of phenols is 1. The summed E-state index contributed by atoms with van der Waals surface area (Å²) in [5, 5.41) is 9.52. The highest BCUT2D eigenvalue weighted by molar-refractivity contribution is 7.99. The molecular weight excluding hydrogens is 222 g/mol. The fourth-order valence-electron chi connectivity index (χ4n) is 1.79. The van der Waals surface area contributed by atoms with Crippen molar-refractivity contribution >= 4 is 11.8 Å². The maximum Gasteiger partial charge on any atom is 0.160 e. The van der Waals surface area contributed by atoms with Crippen LogP contribution in [0.15, 0.2) is 24.3 Å². The van der Waals surface area contributed by atoms with Crippen LogP contribution in [0.3, 0.4) is 0 Å². The molecule has 88 valence electrons. The molecule has 0 aromatic heterocycles. The Morgan fingerprint density at radius 2 is 2.31 bits per heavy atom. The number of hydrogen-bond donors (Lipinski definition) is 2. The smallest absolute Gasteiger partial charge is 0.160 e. The van der Waals surface area contributed by atoms with Crippen LogP contribution in [0.5, 0.6) is 11.5 Å². The number of ether oxygens (including phenoxy) is 1. The Balaban J connectivity index is 1.84. The topological polar surface area (TPSA) is 55.5 Å². The van der Waals surface area contributed by atoms with Crippen LogP contribution in [-0.4, -0.2) is 29.3 Å². The van der Waals surface area contributed by atoms with Gasteiger partial charge in [0.2, 0.25) is 0 Å². The van der Waals surface area contributed by atoms with Gasteiger partial charge in [-0.1, -0.05) is 12.1 Å². The second kappa shape index (κ2) is 5.46. The minimum absolute atomic E-state index is 0.0645. The quantitative estimate of drug-likeness (QED) is 0.842. The van der Waals surface area contributed by atoms with E-state index in [-0.39, 0.29) is 11.8 Å². The second-order valence-electron chi connectivity index (χ2n) is 4.07. The molecule has 1 heterocycles. The van der Waals surface area contributed by atoms with Crippen LogP contribution in [0.1, 0.15) is 6.42 Å². The third kappa shape index (κ3) is 2.83. The van der Waals surface area contributed by atoms with Crippen LogP contribution in [0.4, 0.5) is 0 Å². The molecule has 2 atom stereocenters. The summed E-state index contributed by atoms with van der Waals surface area (Å²) in [5.41, 5.74) is 6.06. The van der Waals surface area contributed by atoms with E-state index in [0.29, 0.717) is 18.3 Å². The van der Waals surface area contributed by atoms with Gasteiger partial charge in [0.15, 0.2) is 11.5 Å². The number of para-hydroxylation sites is 2. The molecule has 1 fully saturated rings. The number of rotatable bonds is 4. The summed E-state index contributed by atoms with van der Waals surface area (Å²) in [6.45, 7) is 0.475. The molecule has 2 unspecified atom stereocenters. The van der Waals surface area contributed by atoms with E-state index >= 15 is 0 Å². The summed E-state index contributed by atoms with van der Waals surface area (Å²) in [7, 11) is 0. The minimum atomic E-state index is 0.0645. The highest BCUT2D eigenvalue weighted by Gasteiger charge is 2.23. The SMILES string of the molecule is NC(COc1ccccc1O)C1CCSC1. The van der Waals surface area contributed by atoms with Crippen LogP contribution in [0, 0.1) is 5.92 Å². The Kier molecular flexibility index (Phi) is 3.96. The van der Waals surface area contributed by atoms with Crippen LogP contribution in [0.25, 0.3) is 0 Å². The Hall–Kier alpha value is -0.870. The van der Waals surface area contributed by atoms with E-state index in [2.05, 4.69) is 0 Å². The van der Waals surface area contributed by atoms with Gasteiger partial charge in [0.1, 0.15) is 6.61 Å². The third-order valence-corrected chi connectivity index (χ3v) is 4.06. The van der Waals surface area contributed by atoms with Crippen LogP contribution < -0.4 is 10.5 Å². The number of aromatic hydroxyl groups is 1. The molecule has 1 aliphatic heterocycles. The van der Waals surface area contributed by atoms with Crippen molar-refractivity contribution in [2.24, 2.45) is 11.7 Å². The number of thioether (sulfide) groups is 1. The van der Waals surface area contributed by atoms with Crippen molar-refractivity contribution in [3.05, 3.63) is 24.3 Å². The highest BCUT2D eigenvalue weighted by atomic mass is 32.2. The highest BCUT2D eigenvalue weighted by Crippen LogP contribution is 2.27. The maximum absolute atomic E-state index is 9.52. The van der Waals surface area contributed by atoms with Crippen molar-refractivity contribution < 1.29 is 9.84 Å². The van der Waals surface area contributed by atoms with Gasteiger partial charge in [-0.3, -0.25) is 0 Å². The minimum Gasteiger partial charge on any atom is -0.504 e. The first kappa shape index (κ1) is 11.6. The normalized spacial score (nSPS) is 21.9. The lowest BCUT2D eigenvalue weighted by atomic mass is 10.0. The number of nitrogens with two attached hydrogens (primary N) is 1. The van der Waals surface area contributed by atoms with Gasteiger partial charge in [-0.25, -0.2) is 0 Å². The summed E-state index contributed by atoms with van der Waals surface area (Å²) in [4.78, 5) is 0. The largest absolute Gasteiger partial charge is 0.504 e. The summed E-state index contributed by atoms with van der Waals surface area (Å²) in [5.74, 6) is 3.58. The Morgan fingerprint density at radius 3 is 3.00 bits per heavy atom. The summed E-state index contributed by atoms with van der Waals surface area (Å²) < 4.78 is 5.53. The van der Waals surface area contributed by atoms with Gasteiger partial charge in [-0.05, 0) is 36.0 Å². The molecule has 1 aromatic carbocycles. The van der Waals surface area contributed by atoms with Crippen molar-refractivity contribution in [2.75, 3.05) is 18.1 Å². The number of phenolic OH excluding ortho intramolecular Hbond substituents is 1. The molecule has 1 saturated heterocycles. The predicted octanol–water partition coefficient (Wildman–Crippen LogP) is 1.85. The fourth-order valence-corrected chi connectivity index (χ4v) is 3.14. The van der Waals surface area contributed by atoms with E-state index in [9.17, 15) is 5.11 Å². The molecule has 0 aliphatic carbocycles. The van der Waals surface area contributed by atoms with E-state index in [1.165, 1.54) is 12.2 Å². The molecule has 16 heavy (non-hydrogen) atoms. The first-order valence-corrected chi connectivity index (χ1v) is 6.67. The maximum atomic E-state index is 9.52. The van der Waals surface area contributed by atoms with Crippen LogP contribution in [-0.2, 0) is 0 Å². The Labute approximate surface area is 100.0 Å². The molecule has 0 bridgehead atoms. The number of hydrogen-bond acceptors (Lipinski definition) is 4. The molecule has 3 nitrogen and oxygen atoms in total.